The third-order valence-corrected chi connectivity index (χ3v) is 4.25. The molecule has 1 aromatic rings. The highest BCUT2D eigenvalue weighted by Crippen LogP contribution is 2.30. The summed E-state index contributed by atoms with van der Waals surface area (Å²) in [5, 5.41) is 13.2. The molecule has 1 aromatic carbocycles. The van der Waals surface area contributed by atoms with Crippen molar-refractivity contribution in [1.29, 1.82) is 0 Å². The molecule has 0 saturated carbocycles. The van der Waals surface area contributed by atoms with E-state index >= 15 is 0 Å². The molecule has 0 radical (unpaired) electrons. The van der Waals surface area contributed by atoms with Gasteiger partial charge in [0.1, 0.15) is 11.5 Å². The number of carbonyl (C=O) groups is 1. The number of ether oxygens (including phenoxy) is 1. The average molecular weight is 326 g/mol. The van der Waals surface area contributed by atoms with Crippen LogP contribution < -0.4 is 10.1 Å². The number of hydrogen-bond donors (Lipinski definition) is 2. The zero-order chi connectivity index (χ0) is 16.9. The Bertz CT molecular complexity index is 702. The molecule has 1 amide bonds. The third kappa shape index (κ3) is 3.50. The molecule has 0 aromatic heterocycles. The summed E-state index contributed by atoms with van der Waals surface area (Å²) in [4.78, 5) is 16.8. The first-order chi connectivity index (χ1) is 11.7. The topological polar surface area (TPSA) is 70.9 Å². The lowest BCUT2D eigenvalue weighted by Gasteiger charge is -2.24. The quantitative estimate of drug-likeness (QED) is 0.873. The van der Waals surface area contributed by atoms with Gasteiger partial charge in [-0.05, 0) is 43.9 Å². The molecule has 3 rings (SSSR count). The molecule has 0 spiro atoms. The van der Waals surface area contributed by atoms with Gasteiger partial charge in [0.25, 0.3) is 5.91 Å². The van der Waals surface area contributed by atoms with Crippen molar-refractivity contribution in [2.75, 3.05) is 6.61 Å². The minimum absolute atomic E-state index is 0.00131. The number of nitrogens with one attached hydrogen (secondary N) is 1. The van der Waals surface area contributed by atoms with Crippen molar-refractivity contribution in [3.8, 4) is 5.75 Å². The number of dihydropyridines is 1. The third-order valence-electron chi connectivity index (χ3n) is 4.25. The number of hydrogen-bond acceptors (Lipinski definition) is 4. The largest absolute Gasteiger partial charge is 0.507 e. The fraction of sp³-hybridized carbons (Fsp3) is 0.368. The predicted octanol–water partition coefficient (Wildman–Crippen LogP) is 3.08. The van der Waals surface area contributed by atoms with E-state index in [1.54, 1.807) is 0 Å². The van der Waals surface area contributed by atoms with Gasteiger partial charge in [0, 0.05) is 18.3 Å². The summed E-state index contributed by atoms with van der Waals surface area (Å²) in [6.07, 6.45) is 6.40. The molecule has 0 saturated heterocycles. The van der Waals surface area contributed by atoms with Crippen molar-refractivity contribution in [3.63, 3.8) is 0 Å². The van der Waals surface area contributed by atoms with Crippen LogP contribution in [0.2, 0.25) is 0 Å². The molecular formula is C19H22N2O3. The summed E-state index contributed by atoms with van der Waals surface area (Å²) >= 11 is 0. The lowest BCUT2D eigenvalue weighted by molar-refractivity contribution is -0.117. The molecule has 1 aliphatic heterocycles. The molecule has 1 aliphatic carbocycles. The number of carbonyl (C=O) groups excluding carboxylic acids is 1. The van der Waals surface area contributed by atoms with Crippen LogP contribution in [0.4, 0.5) is 0 Å². The Morgan fingerprint density at radius 1 is 1.38 bits per heavy atom. The summed E-state index contributed by atoms with van der Waals surface area (Å²) < 4.78 is 5.39. The lowest BCUT2D eigenvalue weighted by atomic mass is 9.89. The van der Waals surface area contributed by atoms with Crippen LogP contribution in [-0.2, 0) is 11.3 Å². The van der Waals surface area contributed by atoms with Gasteiger partial charge in [0.15, 0.2) is 0 Å². The van der Waals surface area contributed by atoms with Gasteiger partial charge >= 0.3 is 0 Å². The minimum atomic E-state index is -0.310. The molecule has 1 atom stereocenters. The molecule has 0 fully saturated rings. The minimum Gasteiger partial charge on any atom is -0.507 e. The zero-order valence-corrected chi connectivity index (χ0v) is 13.8. The normalized spacial score (nSPS) is 19.5. The number of aliphatic imine (C=N–C) groups is 1. The van der Waals surface area contributed by atoms with Crippen molar-refractivity contribution in [2.45, 2.75) is 38.8 Å². The van der Waals surface area contributed by atoms with E-state index in [0.29, 0.717) is 13.2 Å². The molecular weight excluding hydrogens is 304 g/mol. The summed E-state index contributed by atoms with van der Waals surface area (Å²) in [6, 6.07) is 7.58. The first-order valence-corrected chi connectivity index (χ1v) is 8.36. The molecule has 1 unspecified atom stereocenters. The van der Waals surface area contributed by atoms with Crippen LogP contribution in [-0.4, -0.2) is 29.9 Å². The number of benzene rings is 1. The second-order valence-electron chi connectivity index (χ2n) is 5.91. The smallest absolute Gasteiger partial charge is 0.256 e. The molecule has 1 heterocycles. The molecule has 126 valence electrons. The maximum atomic E-state index is 12.4. The van der Waals surface area contributed by atoms with E-state index in [9.17, 15) is 9.90 Å². The number of aliphatic hydroxyl groups is 1. The highest BCUT2D eigenvalue weighted by Gasteiger charge is 2.27. The van der Waals surface area contributed by atoms with E-state index in [4.69, 9.17) is 4.74 Å². The van der Waals surface area contributed by atoms with Gasteiger partial charge in [-0.15, -0.1) is 0 Å². The average Bonchev–Trinajstić information content (AvgIpc) is 2.62. The van der Waals surface area contributed by atoms with E-state index in [-0.39, 0.29) is 23.3 Å². The summed E-state index contributed by atoms with van der Waals surface area (Å²) in [6.45, 7) is 2.95. The Morgan fingerprint density at radius 2 is 2.17 bits per heavy atom. The number of fused-ring (bicyclic) bond motifs is 1. The number of amides is 1. The van der Waals surface area contributed by atoms with Gasteiger partial charge < -0.3 is 15.2 Å². The van der Waals surface area contributed by atoms with E-state index < -0.39 is 0 Å². The Kier molecular flexibility index (Phi) is 4.99. The van der Waals surface area contributed by atoms with Crippen molar-refractivity contribution < 1.29 is 14.6 Å². The van der Waals surface area contributed by atoms with Crippen molar-refractivity contribution in [1.82, 2.24) is 5.32 Å². The first kappa shape index (κ1) is 16.3. The van der Waals surface area contributed by atoms with Gasteiger partial charge in [0.2, 0.25) is 0 Å². The van der Waals surface area contributed by atoms with Crippen LogP contribution in [0.5, 0.6) is 5.75 Å². The zero-order valence-electron chi connectivity index (χ0n) is 13.8. The highest BCUT2D eigenvalue weighted by atomic mass is 16.5. The SMILES string of the molecule is CCOc1ccc(CNC(=O)C2=C(O)C3=CCCCC3N=C2)cc1. The molecule has 24 heavy (non-hydrogen) atoms. The number of allylic oxidation sites excluding steroid dienone is 1. The Hall–Kier alpha value is -2.56. The number of rotatable bonds is 5. The maximum Gasteiger partial charge on any atom is 0.256 e. The fourth-order valence-corrected chi connectivity index (χ4v) is 2.96. The Labute approximate surface area is 141 Å². The van der Waals surface area contributed by atoms with Crippen molar-refractivity contribution in [2.24, 2.45) is 4.99 Å². The van der Waals surface area contributed by atoms with E-state index in [1.165, 1.54) is 6.21 Å². The lowest BCUT2D eigenvalue weighted by Crippen LogP contribution is -2.30. The van der Waals surface area contributed by atoms with Gasteiger partial charge in [-0.2, -0.15) is 0 Å². The standard InChI is InChI=1S/C19H22N2O3/c1-2-24-14-9-7-13(8-10-14)11-21-19(23)16-12-20-17-6-4-3-5-15(17)18(16)22/h5,7-10,12,17,22H,2-4,6,11H2,1H3,(H,21,23). The van der Waals surface area contributed by atoms with E-state index in [1.807, 2.05) is 37.3 Å². The van der Waals surface area contributed by atoms with Crippen molar-refractivity contribution >= 4 is 12.1 Å². The second-order valence-corrected chi connectivity index (χ2v) is 5.91. The van der Waals surface area contributed by atoms with Crippen LogP contribution in [0.15, 0.2) is 52.2 Å². The summed E-state index contributed by atoms with van der Waals surface area (Å²) in [5.74, 6) is 0.566. The summed E-state index contributed by atoms with van der Waals surface area (Å²) in [7, 11) is 0. The van der Waals surface area contributed by atoms with Crippen LogP contribution >= 0.6 is 0 Å². The van der Waals surface area contributed by atoms with Gasteiger partial charge in [0.05, 0.1) is 18.2 Å². The first-order valence-electron chi connectivity index (χ1n) is 8.36. The van der Waals surface area contributed by atoms with Gasteiger partial charge in [-0.25, -0.2) is 0 Å². The molecule has 0 bridgehead atoms. The molecule has 2 N–H and O–H groups in total. The van der Waals surface area contributed by atoms with Crippen LogP contribution in [0.3, 0.4) is 0 Å². The maximum absolute atomic E-state index is 12.4. The molecule has 5 heteroatoms. The van der Waals surface area contributed by atoms with Gasteiger partial charge in [-0.3, -0.25) is 9.79 Å². The summed E-state index contributed by atoms with van der Waals surface area (Å²) in [5.41, 5.74) is 2.00. The molecule has 2 aliphatic rings. The number of nitrogens with zero attached hydrogens (tertiary/aromatic N) is 1. The highest BCUT2D eigenvalue weighted by molar-refractivity contribution is 6.13. The van der Waals surface area contributed by atoms with E-state index in [0.717, 1.165) is 36.1 Å². The van der Waals surface area contributed by atoms with Crippen LogP contribution in [0.1, 0.15) is 31.7 Å². The Balaban J connectivity index is 1.64. The van der Waals surface area contributed by atoms with E-state index in [2.05, 4.69) is 10.3 Å². The Morgan fingerprint density at radius 3 is 2.92 bits per heavy atom. The fourth-order valence-electron chi connectivity index (χ4n) is 2.96. The predicted molar refractivity (Wildman–Crippen MR) is 93.3 cm³/mol. The monoisotopic (exact) mass is 326 g/mol. The number of aliphatic hydroxyl groups excluding tert-OH is 1. The van der Waals surface area contributed by atoms with Crippen molar-refractivity contribution in [3.05, 3.63) is 52.8 Å². The van der Waals surface area contributed by atoms with Crippen LogP contribution in [0, 0.1) is 0 Å². The molecule has 5 nitrogen and oxygen atoms in total. The van der Waals surface area contributed by atoms with Crippen LogP contribution in [0.25, 0.3) is 0 Å². The second kappa shape index (κ2) is 7.34. The van der Waals surface area contributed by atoms with Gasteiger partial charge in [-0.1, -0.05) is 18.2 Å².